The second-order valence-corrected chi connectivity index (χ2v) is 14.1. The van der Waals surface area contributed by atoms with Gasteiger partial charge in [0.15, 0.2) is 11.5 Å². The quantitative estimate of drug-likeness (QED) is 0.516. The van der Waals surface area contributed by atoms with Crippen LogP contribution in [-0.2, 0) is 23.2 Å². The van der Waals surface area contributed by atoms with Crippen LogP contribution in [0, 0.1) is 22.7 Å². The zero-order valence-corrected chi connectivity index (χ0v) is 23.9. The Morgan fingerprint density at radius 2 is 1.90 bits per heavy atom. The molecule has 2 unspecified atom stereocenters. The van der Waals surface area contributed by atoms with Crippen molar-refractivity contribution in [2.24, 2.45) is 22.7 Å². The maximum Gasteiger partial charge on any atom is 0.227 e. The second-order valence-electron chi connectivity index (χ2n) is 14.1. The summed E-state index contributed by atoms with van der Waals surface area (Å²) in [6.07, 6.45) is 12.7. The van der Waals surface area contributed by atoms with Gasteiger partial charge in [0.05, 0.1) is 18.4 Å². The van der Waals surface area contributed by atoms with E-state index < -0.39 is 17.6 Å². The fourth-order valence-corrected chi connectivity index (χ4v) is 11.2. The normalized spacial score (nSPS) is 38.5. The summed E-state index contributed by atoms with van der Waals surface area (Å²) >= 11 is 0. The molecule has 0 aromatic heterocycles. The van der Waals surface area contributed by atoms with Gasteiger partial charge in [0, 0.05) is 30.1 Å². The number of ether oxygens (including phenoxy) is 2. The van der Waals surface area contributed by atoms with Gasteiger partial charge in [-0.25, -0.2) is 0 Å². The Morgan fingerprint density at radius 3 is 2.66 bits per heavy atom. The Balaban J connectivity index is 1.26. The van der Waals surface area contributed by atoms with Gasteiger partial charge in [-0.1, -0.05) is 61.4 Å². The van der Waals surface area contributed by atoms with Crippen LogP contribution in [0.25, 0.3) is 0 Å². The number of piperidine rings is 1. The largest absolute Gasteiger partial charge is 0.493 e. The molecule has 2 aromatic rings. The van der Waals surface area contributed by atoms with Crippen molar-refractivity contribution in [2.45, 2.75) is 81.1 Å². The minimum atomic E-state index is -1.39. The predicted octanol–water partition coefficient (Wildman–Crippen LogP) is 4.53. The van der Waals surface area contributed by atoms with E-state index in [1.54, 1.807) is 7.11 Å². The van der Waals surface area contributed by atoms with Crippen LogP contribution in [0.4, 0.5) is 0 Å². The number of carbonyl (C=O) groups is 1. The van der Waals surface area contributed by atoms with E-state index in [0.717, 1.165) is 74.6 Å². The number of amides is 1. The number of hydrogen-bond acceptors (Lipinski definition) is 5. The number of methoxy groups -OCH3 is 1. The van der Waals surface area contributed by atoms with Crippen LogP contribution < -0.4 is 14.8 Å². The summed E-state index contributed by atoms with van der Waals surface area (Å²) in [6, 6.07) is 14.7. The molecule has 10 rings (SSSR count). The van der Waals surface area contributed by atoms with Gasteiger partial charge in [0.1, 0.15) is 11.7 Å². The third-order valence-electron chi connectivity index (χ3n) is 12.6. The van der Waals surface area contributed by atoms with Gasteiger partial charge in [0.2, 0.25) is 5.91 Å². The molecule has 3 spiro atoms. The summed E-state index contributed by atoms with van der Waals surface area (Å²) in [6.45, 7) is 2.63. The molecular weight excluding hydrogens is 512 g/mol. The van der Waals surface area contributed by atoms with Crippen molar-refractivity contribution in [2.75, 3.05) is 20.2 Å². The summed E-state index contributed by atoms with van der Waals surface area (Å²) in [5, 5.41) is 16.3. The number of nitrogens with zero attached hydrogens (tertiary/aromatic N) is 1. The SMILES string of the molecule is COc1ccc2c3c1O[C@@H]1C34CCN(CC3CC3)C(C2)[C@]42C=C[C@@]1(O)[C@@H](C(=O)NCc1ccccc1)C21CCCC1. The van der Waals surface area contributed by atoms with E-state index in [-0.39, 0.29) is 22.2 Å². The van der Waals surface area contributed by atoms with E-state index >= 15 is 0 Å². The molecule has 6 atom stereocenters. The van der Waals surface area contributed by atoms with Crippen molar-refractivity contribution in [1.29, 1.82) is 0 Å². The van der Waals surface area contributed by atoms with Gasteiger partial charge < -0.3 is 19.9 Å². The van der Waals surface area contributed by atoms with Gasteiger partial charge >= 0.3 is 0 Å². The van der Waals surface area contributed by atoms with Crippen molar-refractivity contribution in [3.05, 3.63) is 71.3 Å². The molecule has 2 aliphatic heterocycles. The Bertz CT molecular complexity index is 1460. The highest BCUT2D eigenvalue weighted by molar-refractivity contribution is 5.84. The molecule has 1 amide bonds. The monoisotopic (exact) mass is 552 g/mol. The minimum Gasteiger partial charge on any atom is -0.493 e. The van der Waals surface area contributed by atoms with Crippen LogP contribution in [0.2, 0.25) is 0 Å². The molecule has 2 aromatic carbocycles. The van der Waals surface area contributed by atoms with Crippen LogP contribution in [0.5, 0.6) is 11.5 Å². The molecule has 6 nitrogen and oxygen atoms in total. The lowest BCUT2D eigenvalue weighted by atomic mass is 9.29. The molecule has 6 aliphatic carbocycles. The first-order chi connectivity index (χ1) is 20.0. The molecular formula is C35H40N2O4. The lowest BCUT2D eigenvalue weighted by molar-refractivity contribution is -0.268. The molecule has 1 saturated heterocycles. The number of benzene rings is 2. The van der Waals surface area contributed by atoms with Gasteiger partial charge in [-0.2, -0.15) is 0 Å². The molecule has 8 aliphatic rings. The summed E-state index contributed by atoms with van der Waals surface area (Å²) in [4.78, 5) is 17.4. The van der Waals surface area contributed by atoms with E-state index in [9.17, 15) is 9.90 Å². The second kappa shape index (κ2) is 8.17. The molecule has 4 fully saturated rings. The smallest absolute Gasteiger partial charge is 0.227 e. The van der Waals surface area contributed by atoms with Crippen LogP contribution in [0.3, 0.4) is 0 Å². The van der Waals surface area contributed by atoms with Crippen molar-refractivity contribution in [3.8, 4) is 11.5 Å². The third-order valence-corrected chi connectivity index (χ3v) is 12.6. The van der Waals surface area contributed by atoms with Crippen LogP contribution in [-0.4, -0.2) is 53.9 Å². The summed E-state index contributed by atoms with van der Waals surface area (Å²) in [5.74, 6) is 1.76. The highest BCUT2D eigenvalue weighted by atomic mass is 16.5. The minimum absolute atomic E-state index is 0.0269. The topological polar surface area (TPSA) is 71.0 Å². The van der Waals surface area contributed by atoms with Crippen LogP contribution in [0.1, 0.15) is 61.6 Å². The average molecular weight is 553 g/mol. The third kappa shape index (κ3) is 2.80. The first-order valence-electron chi connectivity index (χ1n) is 15.8. The molecule has 3 saturated carbocycles. The number of hydrogen-bond donors (Lipinski definition) is 2. The van der Waals surface area contributed by atoms with Gasteiger partial charge in [-0.3, -0.25) is 9.69 Å². The zero-order chi connectivity index (χ0) is 27.6. The molecule has 6 heteroatoms. The summed E-state index contributed by atoms with van der Waals surface area (Å²) < 4.78 is 12.9. The molecule has 2 N–H and O–H groups in total. The average Bonchev–Trinajstić information content (AvgIpc) is 3.54. The number of nitrogens with one attached hydrogen (secondary N) is 1. The van der Waals surface area contributed by atoms with E-state index in [2.05, 4.69) is 28.4 Å². The van der Waals surface area contributed by atoms with Crippen molar-refractivity contribution in [1.82, 2.24) is 10.2 Å². The number of carbonyl (C=O) groups excluding carboxylic acids is 1. The molecule has 41 heavy (non-hydrogen) atoms. The fourth-order valence-electron chi connectivity index (χ4n) is 11.2. The van der Waals surface area contributed by atoms with E-state index in [1.165, 1.54) is 24.0 Å². The van der Waals surface area contributed by atoms with Crippen molar-refractivity contribution in [3.63, 3.8) is 0 Å². The highest BCUT2D eigenvalue weighted by Gasteiger charge is 2.86. The van der Waals surface area contributed by atoms with E-state index in [4.69, 9.17) is 9.47 Å². The van der Waals surface area contributed by atoms with E-state index in [0.29, 0.717) is 12.6 Å². The molecule has 0 radical (unpaired) electrons. The van der Waals surface area contributed by atoms with Gasteiger partial charge in [0.25, 0.3) is 0 Å². The maximum absolute atomic E-state index is 14.6. The van der Waals surface area contributed by atoms with Crippen LogP contribution >= 0.6 is 0 Å². The summed E-state index contributed by atoms with van der Waals surface area (Å²) in [7, 11) is 1.71. The molecule has 4 bridgehead atoms. The highest BCUT2D eigenvalue weighted by Crippen LogP contribution is 2.81. The molecule has 214 valence electrons. The summed E-state index contributed by atoms with van der Waals surface area (Å²) in [5.41, 5.74) is 1.34. The van der Waals surface area contributed by atoms with Crippen LogP contribution in [0.15, 0.2) is 54.6 Å². The standard InChI is InChI=1S/C35H40N2O4/c1-40-25-12-11-24-19-26-35-16-15-34(39,31-33(35,27(24)28(25)41-31)17-18-37(26)21-23-9-10-23)29(32(35)13-5-6-14-32)30(38)36-20-22-7-3-2-4-8-22/h2-4,7-8,11-12,15-16,23,26,29,31,39H,5-6,9-10,13-14,17-21H2,1H3,(H,36,38)/t26?,29-,31+,33?,34+,35-/m0/s1. The Hall–Kier alpha value is -2.83. The Labute approximate surface area is 242 Å². The Morgan fingerprint density at radius 1 is 1.10 bits per heavy atom. The number of rotatable bonds is 6. The predicted molar refractivity (Wildman–Crippen MR) is 155 cm³/mol. The Kier molecular flexibility index (Phi) is 4.93. The first kappa shape index (κ1) is 24.7. The lowest BCUT2D eigenvalue weighted by Gasteiger charge is -2.77. The van der Waals surface area contributed by atoms with Crippen molar-refractivity contribution < 1.29 is 19.4 Å². The fraction of sp³-hybridized carbons (Fsp3) is 0.571. The van der Waals surface area contributed by atoms with Gasteiger partial charge in [-0.05, 0) is 73.6 Å². The zero-order valence-electron chi connectivity index (χ0n) is 23.9. The lowest BCUT2D eigenvalue weighted by Crippen LogP contribution is -2.85. The maximum atomic E-state index is 14.6. The van der Waals surface area contributed by atoms with Crippen molar-refractivity contribution >= 4 is 5.91 Å². The van der Waals surface area contributed by atoms with Gasteiger partial charge in [-0.15, -0.1) is 0 Å². The molecule has 2 heterocycles. The van der Waals surface area contributed by atoms with E-state index in [1.807, 2.05) is 36.4 Å². The number of likely N-dealkylation sites (tertiary alicyclic amines) is 1. The first-order valence-corrected chi connectivity index (χ1v) is 15.8. The number of aliphatic hydroxyl groups is 1.